The molecule has 2 aromatic rings. The number of carbonyl (C=O) groups is 1. The Labute approximate surface area is 107 Å². The Morgan fingerprint density at radius 2 is 2.05 bits per heavy atom. The van der Waals surface area contributed by atoms with Crippen LogP contribution in [0.25, 0.3) is 10.9 Å². The van der Waals surface area contributed by atoms with Crippen LogP contribution in [-0.2, 0) is 0 Å². The summed E-state index contributed by atoms with van der Waals surface area (Å²) < 4.78 is 32.3. The number of hydrogen-bond acceptors (Lipinski definition) is 3. The van der Waals surface area contributed by atoms with E-state index in [1.165, 1.54) is 0 Å². The molecule has 1 heterocycles. The molecular formula is C13H11F2NO3. The zero-order valence-electron chi connectivity index (χ0n) is 10.1. The molecule has 0 amide bonds. The first-order chi connectivity index (χ1) is 9.04. The average molecular weight is 267 g/mol. The van der Waals surface area contributed by atoms with Gasteiger partial charge in [-0.25, -0.2) is 18.6 Å². The van der Waals surface area contributed by atoms with E-state index in [1.54, 1.807) is 0 Å². The molecule has 0 saturated carbocycles. The summed E-state index contributed by atoms with van der Waals surface area (Å²) >= 11 is 0. The van der Waals surface area contributed by atoms with Crippen LogP contribution in [0.2, 0.25) is 0 Å². The topological polar surface area (TPSA) is 59.4 Å². The largest absolute Gasteiger partial charge is 0.477 e. The van der Waals surface area contributed by atoms with Crippen LogP contribution in [0, 0.1) is 11.6 Å². The zero-order chi connectivity index (χ0) is 14.0. The van der Waals surface area contributed by atoms with Crippen LogP contribution in [0.4, 0.5) is 8.78 Å². The standard InChI is InChI=1S/C13H11F2NO3/c1-2-5-19-12-8(13(17)18)6-7-9(14)3-4-10(15)11(7)16-12/h3-4,6H,2,5H2,1H3,(H,17,18). The van der Waals surface area contributed by atoms with Gasteiger partial charge in [-0.2, -0.15) is 0 Å². The van der Waals surface area contributed by atoms with Crippen molar-refractivity contribution in [2.75, 3.05) is 6.61 Å². The molecule has 19 heavy (non-hydrogen) atoms. The Kier molecular flexibility index (Phi) is 3.59. The van der Waals surface area contributed by atoms with Gasteiger partial charge in [0.15, 0.2) is 0 Å². The fourth-order valence-corrected chi connectivity index (χ4v) is 1.64. The summed E-state index contributed by atoms with van der Waals surface area (Å²) in [6.45, 7) is 2.08. The Balaban J connectivity index is 2.69. The van der Waals surface area contributed by atoms with Gasteiger partial charge in [-0.1, -0.05) is 6.92 Å². The summed E-state index contributed by atoms with van der Waals surface area (Å²) in [7, 11) is 0. The molecule has 1 N–H and O–H groups in total. The SMILES string of the molecule is CCCOc1nc2c(F)ccc(F)c2cc1C(=O)O. The Morgan fingerprint density at radius 3 is 2.68 bits per heavy atom. The van der Waals surface area contributed by atoms with Crippen LogP contribution >= 0.6 is 0 Å². The predicted octanol–water partition coefficient (Wildman–Crippen LogP) is 3.00. The number of fused-ring (bicyclic) bond motifs is 1. The molecule has 1 aromatic carbocycles. The first-order valence-corrected chi connectivity index (χ1v) is 5.69. The second-order valence-corrected chi connectivity index (χ2v) is 3.92. The smallest absolute Gasteiger partial charge is 0.341 e. The van der Waals surface area contributed by atoms with Crippen molar-refractivity contribution >= 4 is 16.9 Å². The van der Waals surface area contributed by atoms with E-state index in [2.05, 4.69) is 4.98 Å². The van der Waals surface area contributed by atoms with Crippen LogP contribution in [-0.4, -0.2) is 22.7 Å². The number of carboxylic acid groups (broad SMARTS) is 1. The highest BCUT2D eigenvalue weighted by Crippen LogP contribution is 2.26. The van der Waals surface area contributed by atoms with Gasteiger partial charge in [-0.3, -0.25) is 0 Å². The van der Waals surface area contributed by atoms with Crippen molar-refractivity contribution < 1.29 is 23.4 Å². The number of aromatic nitrogens is 1. The van der Waals surface area contributed by atoms with Crippen molar-refractivity contribution in [1.29, 1.82) is 0 Å². The summed E-state index contributed by atoms with van der Waals surface area (Å²) in [4.78, 5) is 14.9. The second-order valence-electron chi connectivity index (χ2n) is 3.92. The van der Waals surface area contributed by atoms with Crippen molar-refractivity contribution in [3.05, 3.63) is 35.4 Å². The maximum Gasteiger partial charge on any atom is 0.341 e. The van der Waals surface area contributed by atoms with Gasteiger partial charge in [-0.05, 0) is 24.6 Å². The molecule has 100 valence electrons. The first-order valence-electron chi connectivity index (χ1n) is 5.69. The lowest BCUT2D eigenvalue weighted by atomic mass is 10.1. The molecular weight excluding hydrogens is 256 g/mol. The minimum atomic E-state index is -1.30. The molecule has 0 saturated heterocycles. The van der Waals surface area contributed by atoms with E-state index in [4.69, 9.17) is 9.84 Å². The number of hydrogen-bond donors (Lipinski definition) is 1. The minimum absolute atomic E-state index is 0.179. The van der Waals surface area contributed by atoms with E-state index in [-0.39, 0.29) is 29.0 Å². The lowest BCUT2D eigenvalue weighted by Gasteiger charge is -2.09. The Hall–Kier alpha value is -2.24. The van der Waals surface area contributed by atoms with E-state index in [1.807, 2.05) is 6.92 Å². The summed E-state index contributed by atoms with van der Waals surface area (Å²) in [5.74, 6) is -2.96. The zero-order valence-corrected chi connectivity index (χ0v) is 10.1. The van der Waals surface area contributed by atoms with Gasteiger partial charge in [-0.15, -0.1) is 0 Å². The number of nitrogens with zero attached hydrogens (tertiary/aromatic N) is 1. The molecule has 0 spiro atoms. The third-order valence-electron chi connectivity index (χ3n) is 2.52. The normalized spacial score (nSPS) is 10.7. The maximum atomic E-state index is 13.6. The number of halogens is 2. The molecule has 4 nitrogen and oxygen atoms in total. The molecule has 0 fully saturated rings. The van der Waals surface area contributed by atoms with E-state index in [9.17, 15) is 13.6 Å². The van der Waals surface area contributed by atoms with Gasteiger partial charge in [0.1, 0.15) is 22.7 Å². The molecule has 0 unspecified atom stereocenters. The molecule has 0 aliphatic rings. The lowest BCUT2D eigenvalue weighted by molar-refractivity contribution is 0.0691. The third kappa shape index (κ3) is 2.47. The highest BCUT2D eigenvalue weighted by molar-refractivity contribution is 5.95. The molecule has 2 rings (SSSR count). The Morgan fingerprint density at radius 1 is 1.37 bits per heavy atom. The summed E-state index contributed by atoms with van der Waals surface area (Å²) in [6, 6.07) is 2.90. The van der Waals surface area contributed by atoms with Crippen LogP contribution in [0.5, 0.6) is 5.88 Å². The number of carboxylic acids is 1. The molecule has 0 aliphatic heterocycles. The molecule has 6 heteroatoms. The number of benzene rings is 1. The van der Waals surface area contributed by atoms with Crippen LogP contribution in [0.1, 0.15) is 23.7 Å². The van der Waals surface area contributed by atoms with Crippen LogP contribution in [0.3, 0.4) is 0 Å². The number of pyridine rings is 1. The fourth-order valence-electron chi connectivity index (χ4n) is 1.64. The van der Waals surface area contributed by atoms with E-state index in [0.717, 1.165) is 18.2 Å². The van der Waals surface area contributed by atoms with Crippen molar-refractivity contribution in [2.45, 2.75) is 13.3 Å². The quantitative estimate of drug-likeness (QED) is 0.925. The molecule has 1 aromatic heterocycles. The summed E-state index contributed by atoms with van der Waals surface area (Å²) in [5, 5.41) is 8.87. The number of rotatable bonds is 4. The van der Waals surface area contributed by atoms with Gasteiger partial charge in [0.25, 0.3) is 0 Å². The van der Waals surface area contributed by atoms with Gasteiger partial charge >= 0.3 is 5.97 Å². The van der Waals surface area contributed by atoms with Gasteiger partial charge in [0, 0.05) is 5.39 Å². The highest BCUT2D eigenvalue weighted by Gasteiger charge is 2.18. The molecule has 0 atom stereocenters. The van der Waals surface area contributed by atoms with Gasteiger partial charge < -0.3 is 9.84 Å². The van der Waals surface area contributed by atoms with Gasteiger partial charge in [0.2, 0.25) is 5.88 Å². The van der Waals surface area contributed by atoms with Crippen molar-refractivity contribution in [3.8, 4) is 5.88 Å². The minimum Gasteiger partial charge on any atom is -0.477 e. The number of ether oxygens (including phenoxy) is 1. The van der Waals surface area contributed by atoms with E-state index < -0.39 is 17.6 Å². The van der Waals surface area contributed by atoms with Crippen molar-refractivity contribution in [3.63, 3.8) is 0 Å². The van der Waals surface area contributed by atoms with E-state index in [0.29, 0.717) is 6.42 Å². The van der Waals surface area contributed by atoms with Crippen LogP contribution < -0.4 is 4.74 Å². The van der Waals surface area contributed by atoms with Gasteiger partial charge in [0.05, 0.1) is 6.61 Å². The average Bonchev–Trinajstić information content (AvgIpc) is 2.39. The molecule has 0 aliphatic carbocycles. The lowest BCUT2D eigenvalue weighted by Crippen LogP contribution is -2.07. The Bertz CT molecular complexity index is 643. The monoisotopic (exact) mass is 267 g/mol. The summed E-state index contributed by atoms with van der Waals surface area (Å²) in [6.07, 6.45) is 0.643. The first kappa shape index (κ1) is 13.2. The highest BCUT2D eigenvalue weighted by atomic mass is 19.1. The molecule has 0 radical (unpaired) electrons. The third-order valence-corrected chi connectivity index (χ3v) is 2.52. The number of aromatic carboxylic acids is 1. The second kappa shape index (κ2) is 5.17. The maximum absolute atomic E-state index is 13.6. The predicted molar refractivity (Wildman–Crippen MR) is 64.4 cm³/mol. The fraction of sp³-hybridized carbons (Fsp3) is 0.231. The molecule has 0 bridgehead atoms. The van der Waals surface area contributed by atoms with E-state index >= 15 is 0 Å². The van der Waals surface area contributed by atoms with Crippen molar-refractivity contribution in [1.82, 2.24) is 4.98 Å². The summed E-state index contributed by atoms with van der Waals surface area (Å²) in [5.41, 5.74) is -0.526. The van der Waals surface area contributed by atoms with Crippen molar-refractivity contribution in [2.24, 2.45) is 0 Å². The van der Waals surface area contributed by atoms with Crippen LogP contribution in [0.15, 0.2) is 18.2 Å².